The van der Waals surface area contributed by atoms with Crippen LogP contribution in [-0.4, -0.2) is 27.4 Å². The fourth-order valence-electron chi connectivity index (χ4n) is 2.78. The first-order chi connectivity index (χ1) is 15.0. The molecule has 10 heteroatoms. The highest BCUT2D eigenvalue weighted by Gasteiger charge is 2.15. The molecule has 1 amide bonds. The molecule has 0 saturated heterocycles. The molecule has 4 rings (SSSR count). The number of fused-ring (bicyclic) bond motifs is 1. The number of thiophene rings is 1. The molecule has 0 radical (unpaired) electrons. The van der Waals surface area contributed by atoms with E-state index in [1.807, 2.05) is 6.07 Å². The molecule has 2 heterocycles. The van der Waals surface area contributed by atoms with Gasteiger partial charge in [-0.2, -0.15) is 8.78 Å². The number of alkyl halides is 2. The van der Waals surface area contributed by atoms with Crippen molar-refractivity contribution in [1.29, 1.82) is 0 Å². The minimum absolute atomic E-state index is 0.0591. The Morgan fingerprint density at radius 1 is 1.10 bits per heavy atom. The average molecular weight is 478 g/mol. The Labute approximate surface area is 188 Å². The van der Waals surface area contributed by atoms with Crippen LogP contribution < -0.4 is 5.32 Å². The Balaban J connectivity index is 1.48. The summed E-state index contributed by atoms with van der Waals surface area (Å²) in [5, 5.41) is 3.33. The van der Waals surface area contributed by atoms with E-state index in [1.165, 1.54) is 47.6 Å². The fourth-order valence-corrected chi connectivity index (χ4v) is 5.38. The predicted octanol–water partition coefficient (Wildman–Crippen LogP) is 6.54. The van der Waals surface area contributed by atoms with E-state index < -0.39 is 5.76 Å². The summed E-state index contributed by atoms with van der Waals surface area (Å²) in [6.45, 7) is 0. The molecule has 2 aromatic carbocycles. The summed E-state index contributed by atoms with van der Waals surface area (Å²) in [5.41, 5.74) is 1.95. The van der Waals surface area contributed by atoms with Crippen LogP contribution in [0.15, 0.2) is 70.8 Å². The van der Waals surface area contributed by atoms with Gasteiger partial charge in [0.15, 0.2) is 0 Å². The molecule has 0 bridgehead atoms. The van der Waals surface area contributed by atoms with Crippen molar-refractivity contribution < 1.29 is 18.0 Å². The Hall–Kier alpha value is -2.56. The van der Waals surface area contributed by atoms with E-state index in [4.69, 9.17) is 0 Å². The summed E-state index contributed by atoms with van der Waals surface area (Å²) in [6.07, 6.45) is 1.43. The van der Waals surface area contributed by atoms with E-state index in [9.17, 15) is 18.0 Å². The van der Waals surface area contributed by atoms with Crippen molar-refractivity contribution in [3.8, 4) is 10.4 Å². The lowest BCUT2D eigenvalue weighted by molar-refractivity contribution is -0.113. The van der Waals surface area contributed by atoms with Crippen LogP contribution in [0.5, 0.6) is 0 Å². The van der Waals surface area contributed by atoms with Crippen molar-refractivity contribution in [2.75, 3.05) is 11.1 Å². The molecule has 0 aliphatic carbocycles. The minimum atomic E-state index is -2.57. The van der Waals surface area contributed by atoms with Gasteiger partial charge in [0, 0.05) is 9.77 Å². The number of rotatable bonds is 7. The van der Waals surface area contributed by atoms with E-state index in [1.54, 1.807) is 30.3 Å². The van der Waals surface area contributed by atoms with Crippen molar-refractivity contribution in [3.63, 3.8) is 0 Å². The van der Waals surface area contributed by atoms with Gasteiger partial charge in [-0.1, -0.05) is 47.8 Å². The first-order valence-electron chi connectivity index (χ1n) is 8.96. The van der Waals surface area contributed by atoms with Gasteiger partial charge in [0.25, 0.3) is 5.76 Å². The summed E-state index contributed by atoms with van der Waals surface area (Å²) in [5.74, 6) is -3.14. The van der Waals surface area contributed by atoms with Gasteiger partial charge in [0.05, 0.1) is 21.7 Å². The third kappa shape index (κ3) is 5.38. The molecule has 0 aliphatic heterocycles. The second-order valence-corrected chi connectivity index (χ2v) is 9.27. The molecule has 31 heavy (non-hydrogen) atoms. The number of thioether (sulfide) groups is 2. The van der Waals surface area contributed by atoms with Crippen LogP contribution in [0.4, 0.5) is 18.9 Å². The quantitative estimate of drug-likeness (QED) is 0.242. The number of carbonyl (C=O) groups is 1. The standard InChI is InChI=1S/C21H14F3N3OS3/c22-13-7-5-12(6-8-13)17-9-15-19(30-17)20(26-11-25-15)29-10-18(28)27-14-3-1-2-4-16(14)31-21(23)24/h1-9,11,21H,10H2,(H,27,28). The zero-order chi connectivity index (χ0) is 21.8. The highest BCUT2D eigenvalue weighted by Crippen LogP contribution is 2.37. The number of nitrogens with one attached hydrogen (secondary N) is 1. The van der Waals surface area contributed by atoms with E-state index in [0.29, 0.717) is 27.4 Å². The zero-order valence-corrected chi connectivity index (χ0v) is 18.2. The van der Waals surface area contributed by atoms with Crippen molar-refractivity contribution >= 4 is 56.7 Å². The maximum Gasteiger partial charge on any atom is 0.288 e. The second kappa shape index (κ2) is 9.71. The van der Waals surface area contributed by atoms with Crippen LogP contribution in [0.2, 0.25) is 0 Å². The zero-order valence-electron chi connectivity index (χ0n) is 15.7. The number of aromatic nitrogens is 2. The van der Waals surface area contributed by atoms with Crippen LogP contribution in [0, 0.1) is 5.82 Å². The molecule has 0 atom stereocenters. The summed E-state index contributed by atoms with van der Waals surface area (Å²) < 4.78 is 39.4. The Morgan fingerprint density at radius 2 is 1.87 bits per heavy atom. The molecular weight excluding hydrogens is 463 g/mol. The van der Waals surface area contributed by atoms with E-state index >= 15 is 0 Å². The van der Waals surface area contributed by atoms with Gasteiger partial charge in [-0.05, 0) is 35.9 Å². The molecule has 1 N–H and O–H groups in total. The molecular formula is C21H14F3N3OS3. The van der Waals surface area contributed by atoms with Gasteiger partial charge in [0.1, 0.15) is 17.2 Å². The summed E-state index contributed by atoms with van der Waals surface area (Å²) in [7, 11) is 0. The molecule has 0 fully saturated rings. The number of carbonyl (C=O) groups excluding carboxylic acids is 1. The molecule has 158 valence electrons. The first kappa shape index (κ1) is 21.7. The summed E-state index contributed by atoms with van der Waals surface area (Å²) >= 11 is 3.09. The lowest BCUT2D eigenvalue weighted by Crippen LogP contribution is -2.14. The van der Waals surface area contributed by atoms with Crippen LogP contribution in [0.3, 0.4) is 0 Å². The van der Waals surface area contributed by atoms with Crippen LogP contribution in [0.25, 0.3) is 20.7 Å². The van der Waals surface area contributed by atoms with Crippen molar-refractivity contribution in [2.24, 2.45) is 0 Å². The molecule has 0 spiro atoms. The molecule has 2 aromatic heterocycles. The number of hydrogen-bond donors (Lipinski definition) is 1. The molecule has 0 saturated carbocycles. The van der Waals surface area contributed by atoms with Crippen LogP contribution in [-0.2, 0) is 4.79 Å². The van der Waals surface area contributed by atoms with Crippen molar-refractivity contribution in [2.45, 2.75) is 15.7 Å². The maximum atomic E-state index is 13.2. The van der Waals surface area contributed by atoms with E-state index in [0.717, 1.165) is 20.7 Å². The monoisotopic (exact) mass is 477 g/mol. The third-order valence-electron chi connectivity index (χ3n) is 4.12. The topological polar surface area (TPSA) is 54.9 Å². The normalized spacial score (nSPS) is 11.2. The number of amides is 1. The van der Waals surface area contributed by atoms with Crippen molar-refractivity contribution in [1.82, 2.24) is 9.97 Å². The molecule has 4 nitrogen and oxygen atoms in total. The third-order valence-corrected chi connectivity index (χ3v) is 7.21. The highest BCUT2D eigenvalue weighted by atomic mass is 32.2. The Kier molecular flexibility index (Phi) is 6.79. The highest BCUT2D eigenvalue weighted by molar-refractivity contribution is 8.00. The number of hydrogen-bond acceptors (Lipinski definition) is 6. The number of halogens is 3. The number of anilines is 1. The van der Waals surface area contributed by atoms with Crippen LogP contribution >= 0.6 is 34.9 Å². The number of para-hydroxylation sites is 1. The van der Waals surface area contributed by atoms with Crippen molar-refractivity contribution in [3.05, 3.63) is 66.7 Å². The molecule has 0 unspecified atom stereocenters. The average Bonchev–Trinajstić information content (AvgIpc) is 3.19. The summed E-state index contributed by atoms with van der Waals surface area (Å²) in [6, 6.07) is 14.5. The molecule has 4 aromatic rings. The lowest BCUT2D eigenvalue weighted by atomic mass is 10.2. The van der Waals surface area contributed by atoms with Gasteiger partial charge >= 0.3 is 0 Å². The molecule has 0 aliphatic rings. The Bertz CT molecular complexity index is 1220. The second-order valence-electron chi connectivity index (χ2n) is 6.22. The number of nitrogens with zero attached hydrogens (tertiary/aromatic N) is 2. The summed E-state index contributed by atoms with van der Waals surface area (Å²) in [4.78, 5) is 22.2. The van der Waals surface area contributed by atoms with Gasteiger partial charge in [0.2, 0.25) is 5.91 Å². The Morgan fingerprint density at radius 3 is 2.65 bits per heavy atom. The van der Waals surface area contributed by atoms with Gasteiger partial charge in [-0.15, -0.1) is 11.3 Å². The van der Waals surface area contributed by atoms with Gasteiger partial charge < -0.3 is 5.32 Å². The van der Waals surface area contributed by atoms with Crippen LogP contribution in [0.1, 0.15) is 0 Å². The largest absolute Gasteiger partial charge is 0.324 e. The minimum Gasteiger partial charge on any atom is -0.324 e. The van der Waals surface area contributed by atoms with E-state index in [2.05, 4.69) is 15.3 Å². The maximum absolute atomic E-state index is 13.2. The van der Waals surface area contributed by atoms with Gasteiger partial charge in [-0.3, -0.25) is 4.79 Å². The van der Waals surface area contributed by atoms with E-state index in [-0.39, 0.29) is 17.5 Å². The first-order valence-corrected chi connectivity index (χ1v) is 11.6. The SMILES string of the molecule is O=C(CSc1ncnc2cc(-c3ccc(F)cc3)sc12)Nc1ccccc1SC(F)F. The van der Waals surface area contributed by atoms with Gasteiger partial charge in [-0.25, -0.2) is 14.4 Å². The predicted molar refractivity (Wildman–Crippen MR) is 120 cm³/mol. The number of benzene rings is 2. The fraction of sp³-hybridized carbons (Fsp3) is 0.0952. The smallest absolute Gasteiger partial charge is 0.288 e. The lowest BCUT2D eigenvalue weighted by Gasteiger charge is -2.10.